The van der Waals surface area contributed by atoms with Crippen molar-refractivity contribution in [1.29, 1.82) is 0 Å². The van der Waals surface area contributed by atoms with Gasteiger partial charge in [0.25, 0.3) is 11.7 Å². The van der Waals surface area contributed by atoms with E-state index >= 15 is 0 Å². The number of nitrogens with one attached hydrogen (secondary N) is 2. The second-order valence-corrected chi connectivity index (χ2v) is 3.15. The number of aromatic nitrogens is 4. The summed E-state index contributed by atoms with van der Waals surface area (Å²) in [7, 11) is 0. The predicted octanol–water partition coefficient (Wildman–Crippen LogP) is 0.408. The average Bonchev–Trinajstić information content (AvgIpc) is 2.83. The van der Waals surface area contributed by atoms with E-state index in [1.807, 2.05) is 0 Å². The van der Waals surface area contributed by atoms with Crippen LogP contribution in [0.3, 0.4) is 0 Å². The highest BCUT2D eigenvalue weighted by Gasteiger charge is 2.11. The Morgan fingerprint density at radius 2 is 2.24 bits per heavy atom. The van der Waals surface area contributed by atoms with Crippen molar-refractivity contribution in [2.45, 2.75) is 6.54 Å². The van der Waals surface area contributed by atoms with Gasteiger partial charge in [-0.25, -0.2) is 8.78 Å². The molecule has 1 heterocycles. The number of benzene rings is 1. The van der Waals surface area contributed by atoms with E-state index in [-0.39, 0.29) is 17.9 Å². The smallest absolute Gasteiger partial charge is 0.293 e. The summed E-state index contributed by atoms with van der Waals surface area (Å²) in [5, 5.41) is 14.5. The van der Waals surface area contributed by atoms with E-state index in [2.05, 4.69) is 25.9 Å². The molecule has 1 aromatic heterocycles. The van der Waals surface area contributed by atoms with E-state index in [9.17, 15) is 13.6 Å². The summed E-state index contributed by atoms with van der Waals surface area (Å²) in [5.41, 5.74) is 0.0434. The Kier molecular flexibility index (Phi) is 3.03. The molecule has 0 aliphatic rings. The molecule has 88 valence electrons. The summed E-state index contributed by atoms with van der Waals surface area (Å²) >= 11 is 0. The van der Waals surface area contributed by atoms with Crippen LogP contribution in [0.15, 0.2) is 18.2 Å². The third-order valence-corrected chi connectivity index (χ3v) is 2.00. The van der Waals surface area contributed by atoms with Crippen molar-refractivity contribution < 1.29 is 13.6 Å². The average molecular weight is 239 g/mol. The number of aromatic amines is 1. The Hall–Kier alpha value is -2.38. The van der Waals surface area contributed by atoms with Gasteiger partial charge in [0, 0.05) is 12.1 Å². The number of halogens is 2. The fourth-order valence-corrected chi connectivity index (χ4v) is 1.19. The summed E-state index contributed by atoms with van der Waals surface area (Å²) in [4.78, 5) is 11.4. The second-order valence-electron chi connectivity index (χ2n) is 3.15. The monoisotopic (exact) mass is 239 g/mol. The van der Waals surface area contributed by atoms with Gasteiger partial charge < -0.3 is 5.32 Å². The molecule has 0 spiro atoms. The van der Waals surface area contributed by atoms with E-state index in [1.165, 1.54) is 0 Å². The van der Waals surface area contributed by atoms with Crippen LogP contribution in [0.1, 0.15) is 16.2 Å². The van der Waals surface area contributed by atoms with Gasteiger partial charge in [0.05, 0.1) is 0 Å². The van der Waals surface area contributed by atoms with Crippen LogP contribution in [0.25, 0.3) is 0 Å². The third kappa shape index (κ3) is 2.60. The molecule has 2 aromatic rings. The molecule has 1 amide bonds. The van der Waals surface area contributed by atoms with Crippen molar-refractivity contribution in [1.82, 2.24) is 25.9 Å². The van der Waals surface area contributed by atoms with Crippen molar-refractivity contribution in [3.8, 4) is 0 Å². The molecule has 0 atom stereocenters. The molecule has 0 unspecified atom stereocenters. The minimum Gasteiger partial charge on any atom is -0.345 e. The van der Waals surface area contributed by atoms with Gasteiger partial charge >= 0.3 is 0 Å². The van der Waals surface area contributed by atoms with E-state index in [0.717, 1.165) is 18.2 Å². The predicted molar refractivity (Wildman–Crippen MR) is 51.7 cm³/mol. The highest BCUT2D eigenvalue weighted by Crippen LogP contribution is 2.09. The summed E-state index contributed by atoms with van der Waals surface area (Å²) in [6, 6.07) is 3.00. The van der Waals surface area contributed by atoms with E-state index in [0.29, 0.717) is 0 Å². The zero-order valence-corrected chi connectivity index (χ0v) is 8.44. The molecule has 0 saturated carbocycles. The van der Waals surface area contributed by atoms with Gasteiger partial charge in [-0.2, -0.15) is 5.21 Å². The molecule has 0 bridgehead atoms. The van der Waals surface area contributed by atoms with Crippen LogP contribution < -0.4 is 5.32 Å². The fraction of sp³-hybridized carbons (Fsp3) is 0.111. The molecule has 6 nitrogen and oxygen atoms in total. The van der Waals surface area contributed by atoms with Gasteiger partial charge in [-0.05, 0) is 23.4 Å². The Balaban J connectivity index is 2.03. The molecule has 1 aromatic carbocycles. The van der Waals surface area contributed by atoms with Gasteiger partial charge in [-0.3, -0.25) is 4.79 Å². The number of nitrogens with zero attached hydrogens (tertiary/aromatic N) is 3. The molecule has 2 rings (SSSR count). The number of H-pyrrole nitrogens is 1. The number of rotatable bonds is 3. The molecule has 0 aliphatic carbocycles. The maximum Gasteiger partial charge on any atom is 0.293 e. The molecule has 0 fully saturated rings. The number of tetrazole rings is 1. The van der Waals surface area contributed by atoms with Crippen LogP contribution in [0.4, 0.5) is 8.78 Å². The van der Waals surface area contributed by atoms with Crippen molar-refractivity contribution in [3.63, 3.8) is 0 Å². The van der Waals surface area contributed by atoms with Crippen LogP contribution in [-0.4, -0.2) is 26.5 Å². The summed E-state index contributed by atoms with van der Waals surface area (Å²) < 4.78 is 26.0. The molecule has 17 heavy (non-hydrogen) atoms. The number of amides is 1. The molecule has 0 saturated heterocycles. The van der Waals surface area contributed by atoms with Crippen molar-refractivity contribution in [3.05, 3.63) is 41.2 Å². The Bertz CT molecular complexity index is 528. The van der Waals surface area contributed by atoms with Gasteiger partial charge in [-0.15, -0.1) is 10.2 Å². The maximum atomic E-state index is 13.2. The molecular weight excluding hydrogens is 232 g/mol. The normalized spacial score (nSPS) is 10.2. The van der Waals surface area contributed by atoms with Crippen LogP contribution >= 0.6 is 0 Å². The first-order chi connectivity index (χ1) is 8.16. The topological polar surface area (TPSA) is 83.6 Å². The van der Waals surface area contributed by atoms with Gasteiger partial charge in [0.1, 0.15) is 11.6 Å². The lowest BCUT2D eigenvalue weighted by atomic mass is 10.2. The first-order valence-corrected chi connectivity index (χ1v) is 4.62. The molecule has 8 heteroatoms. The summed E-state index contributed by atoms with van der Waals surface area (Å²) in [6.45, 7) is -0.156. The molecule has 0 radical (unpaired) electrons. The number of carbonyl (C=O) groups excluding carboxylic acids is 1. The molecule has 0 aliphatic heterocycles. The second kappa shape index (κ2) is 4.64. The summed E-state index contributed by atoms with van der Waals surface area (Å²) in [6.07, 6.45) is 0. The lowest BCUT2D eigenvalue weighted by Crippen LogP contribution is -2.24. The Labute approximate surface area is 94.0 Å². The van der Waals surface area contributed by atoms with Crippen LogP contribution in [0.2, 0.25) is 0 Å². The van der Waals surface area contributed by atoms with Gasteiger partial charge in [0.15, 0.2) is 0 Å². The van der Waals surface area contributed by atoms with E-state index in [4.69, 9.17) is 0 Å². The van der Waals surface area contributed by atoms with Crippen molar-refractivity contribution >= 4 is 5.91 Å². The Morgan fingerprint density at radius 1 is 1.41 bits per heavy atom. The minimum atomic E-state index is -0.623. The first kappa shape index (κ1) is 11.1. The number of hydrogen-bond donors (Lipinski definition) is 2. The molecule has 2 N–H and O–H groups in total. The van der Waals surface area contributed by atoms with E-state index < -0.39 is 17.5 Å². The van der Waals surface area contributed by atoms with Crippen LogP contribution in [0.5, 0.6) is 0 Å². The maximum absolute atomic E-state index is 13.2. The summed E-state index contributed by atoms with van der Waals surface area (Å²) in [5.74, 6) is -1.96. The largest absolute Gasteiger partial charge is 0.345 e. The highest BCUT2D eigenvalue weighted by molar-refractivity contribution is 5.89. The number of carbonyl (C=O) groups is 1. The SMILES string of the molecule is O=C(NCc1cc(F)ccc1F)c1nn[nH]n1. The lowest BCUT2D eigenvalue weighted by Gasteiger charge is -2.04. The van der Waals surface area contributed by atoms with Gasteiger partial charge in [0.2, 0.25) is 0 Å². The fourth-order valence-electron chi connectivity index (χ4n) is 1.19. The quantitative estimate of drug-likeness (QED) is 0.812. The minimum absolute atomic E-state index is 0.0434. The van der Waals surface area contributed by atoms with Crippen molar-refractivity contribution in [2.24, 2.45) is 0 Å². The van der Waals surface area contributed by atoms with Crippen LogP contribution in [0, 0.1) is 11.6 Å². The zero-order valence-electron chi connectivity index (χ0n) is 8.44. The Morgan fingerprint density at radius 3 is 2.94 bits per heavy atom. The third-order valence-electron chi connectivity index (χ3n) is 2.00. The van der Waals surface area contributed by atoms with Crippen molar-refractivity contribution in [2.75, 3.05) is 0 Å². The van der Waals surface area contributed by atoms with Gasteiger partial charge in [-0.1, -0.05) is 0 Å². The molecular formula is C9H7F2N5O. The standard InChI is InChI=1S/C9H7F2N5O/c10-6-1-2-7(11)5(3-6)4-12-9(17)8-13-15-16-14-8/h1-3H,4H2,(H,12,17)(H,13,14,15,16). The van der Waals surface area contributed by atoms with Crippen LogP contribution in [-0.2, 0) is 6.54 Å². The highest BCUT2D eigenvalue weighted by atomic mass is 19.1. The first-order valence-electron chi connectivity index (χ1n) is 4.62. The number of hydrogen-bond acceptors (Lipinski definition) is 4. The zero-order chi connectivity index (χ0) is 12.3. The lowest BCUT2D eigenvalue weighted by molar-refractivity contribution is 0.0940. The van der Waals surface area contributed by atoms with E-state index in [1.54, 1.807) is 0 Å².